The van der Waals surface area contributed by atoms with E-state index in [-0.39, 0.29) is 0 Å². The number of esters is 2. The summed E-state index contributed by atoms with van der Waals surface area (Å²) in [5.74, 6) is -1.63. The number of carbonyl (C=O) groups is 2. The van der Waals surface area contributed by atoms with Crippen molar-refractivity contribution in [1.29, 1.82) is 0 Å². The summed E-state index contributed by atoms with van der Waals surface area (Å²) in [4.78, 5) is 22.6. The third-order valence-corrected chi connectivity index (χ3v) is 4.73. The number of hydrogen-bond acceptors (Lipinski definition) is 3. The van der Waals surface area contributed by atoms with E-state index < -0.39 is 22.2 Å². The molecule has 0 bridgehead atoms. The molecule has 0 N–H and O–H groups in total. The Bertz CT molecular complexity index is 358. The molecule has 2 rings (SSSR count). The number of cyclic esters (lactones) is 2. The molecule has 0 amide bonds. The monoisotopic (exact) mass is 306 g/mol. The van der Waals surface area contributed by atoms with Crippen molar-refractivity contribution in [2.75, 3.05) is 0 Å². The van der Waals surface area contributed by atoms with Crippen LogP contribution < -0.4 is 0 Å². The van der Waals surface area contributed by atoms with Crippen molar-refractivity contribution >= 4 is 43.8 Å². The van der Waals surface area contributed by atoms with E-state index in [0.717, 1.165) is 0 Å². The summed E-state index contributed by atoms with van der Waals surface area (Å²) in [6, 6.07) is 0. The lowest BCUT2D eigenvalue weighted by molar-refractivity contribution is -0.152. The molecule has 0 aromatic heterocycles. The molecule has 2 aliphatic rings. The fourth-order valence-corrected chi connectivity index (χ4v) is 2.46. The van der Waals surface area contributed by atoms with Gasteiger partial charge in [0.05, 0.1) is 0 Å². The highest BCUT2D eigenvalue weighted by molar-refractivity contribution is 9.14. The van der Waals surface area contributed by atoms with E-state index in [1.54, 1.807) is 18.2 Å². The minimum Gasteiger partial charge on any atom is -0.391 e. The molecule has 1 fully saturated rings. The van der Waals surface area contributed by atoms with Crippen LogP contribution in [-0.2, 0) is 14.3 Å². The molecule has 5 heteroatoms. The van der Waals surface area contributed by atoms with E-state index in [2.05, 4.69) is 36.6 Å². The van der Waals surface area contributed by atoms with Crippen LogP contribution in [0.5, 0.6) is 0 Å². The predicted octanol–water partition coefficient (Wildman–Crippen LogP) is 1.67. The van der Waals surface area contributed by atoms with Crippen molar-refractivity contribution in [3.8, 4) is 0 Å². The number of alkyl halides is 1. The molecule has 0 spiro atoms. The van der Waals surface area contributed by atoms with Gasteiger partial charge in [-0.15, -0.1) is 0 Å². The van der Waals surface area contributed by atoms with Crippen LogP contribution in [0.4, 0.5) is 0 Å². The second-order valence-corrected chi connectivity index (χ2v) is 4.90. The van der Waals surface area contributed by atoms with Gasteiger partial charge in [-0.25, -0.2) is 4.79 Å². The van der Waals surface area contributed by atoms with Crippen LogP contribution in [0, 0.1) is 5.92 Å². The minimum atomic E-state index is -1.03. The molecule has 1 heterocycles. The molecule has 0 saturated carbocycles. The van der Waals surface area contributed by atoms with E-state index in [9.17, 15) is 9.59 Å². The quantitative estimate of drug-likeness (QED) is 0.388. The molecule has 1 aliphatic carbocycles. The number of hydrogen-bond donors (Lipinski definition) is 0. The van der Waals surface area contributed by atoms with Gasteiger partial charge in [-0.3, -0.25) is 4.79 Å². The maximum atomic E-state index is 11.4. The van der Waals surface area contributed by atoms with Crippen LogP contribution in [-0.4, -0.2) is 16.3 Å². The molecule has 1 aliphatic heterocycles. The van der Waals surface area contributed by atoms with Gasteiger partial charge in [0.25, 0.3) is 0 Å². The summed E-state index contributed by atoms with van der Waals surface area (Å²) >= 11 is 6.46. The summed E-state index contributed by atoms with van der Waals surface area (Å²) in [6.07, 6.45) is 5.08. The largest absolute Gasteiger partial charge is 0.391 e. The lowest BCUT2D eigenvalue weighted by Gasteiger charge is -2.22. The summed E-state index contributed by atoms with van der Waals surface area (Å²) in [6.45, 7) is 0. The molecule has 0 radical (unpaired) electrons. The van der Waals surface area contributed by atoms with Crippen LogP contribution in [0.1, 0.15) is 0 Å². The van der Waals surface area contributed by atoms with Crippen LogP contribution in [0.25, 0.3) is 0 Å². The highest BCUT2D eigenvalue weighted by atomic mass is 79.9. The Morgan fingerprint density at radius 3 is 2.77 bits per heavy atom. The minimum absolute atomic E-state index is 0.511. The number of rotatable bonds is 0. The van der Waals surface area contributed by atoms with Crippen LogP contribution >= 0.6 is 31.9 Å². The third kappa shape index (κ3) is 1.07. The smallest absolute Gasteiger partial charge is 0.336 e. The van der Waals surface area contributed by atoms with Gasteiger partial charge in [0.1, 0.15) is 5.92 Å². The fraction of sp³-hybridized carbons (Fsp3) is 0.250. The highest BCUT2D eigenvalue weighted by Crippen LogP contribution is 2.47. The van der Waals surface area contributed by atoms with E-state index in [0.29, 0.717) is 4.48 Å². The first kappa shape index (κ1) is 9.15. The SMILES string of the molecule is O=C1OC(=O)C2(Br)C(Br)=CC=CC12. The second-order valence-electron chi connectivity index (χ2n) is 2.80. The Labute approximate surface area is 91.1 Å². The van der Waals surface area contributed by atoms with Crippen molar-refractivity contribution in [3.63, 3.8) is 0 Å². The summed E-state index contributed by atoms with van der Waals surface area (Å²) in [7, 11) is 0. The van der Waals surface area contributed by atoms with E-state index in [1.165, 1.54) is 0 Å². The zero-order valence-corrected chi connectivity index (χ0v) is 9.46. The Kier molecular flexibility index (Phi) is 1.96. The molecule has 13 heavy (non-hydrogen) atoms. The molecular formula is C8H4Br2O3. The molecule has 1 saturated heterocycles. The Morgan fingerprint density at radius 1 is 1.46 bits per heavy atom. The first-order chi connectivity index (χ1) is 6.06. The molecule has 2 atom stereocenters. The van der Waals surface area contributed by atoms with Gasteiger partial charge in [-0.2, -0.15) is 0 Å². The standard InChI is InChI=1S/C8H4Br2O3/c9-5-3-1-2-4-6(11)13-7(12)8(4,5)10/h1-4H. The topological polar surface area (TPSA) is 43.4 Å². The lowest BCUT2D eigenvalue weighted by atomic mass is 9.90. The van der Waals surface area contributed by atoms with Gasteiger partial charge in [-0.1, -0.05) is 50.1 Å². The number of ether oxygens (including phenoxy) is 1. The second kappa shape index (κ2) is 2.78. The molecule has 2 unspecified atom stereocenters. The van der Waals surface area contributed by atoms with Crippen LogP contribution in [0.3, 0.4) is 0 Å². The zero-order valence-electron chi connectivity index (χ0n) is 6.29. The third-order valence-electron chi connectivity index (χ3n) is 2.07. The average Bonchev–Trinajstić information content (AvgIpc) is 2.29. The number of fused-ring (bicyclic) bond motifs is 1. The molecule has 0 aromatic carbocycles. The van der Waals surface area contributed by atoms with Gasteiger partial charge >= 0.3 is 11.9 Å². The zero-order chi connectivity index (χ0) is 9.64. The van der Waals surface area contributed by atoms with E-state index >= 15 is 0 Å². The molecular weight excluding hydrogens is 304 g/mol. The number of halogens is 2. The van der Waals surface area contributed by atoms with Crippen molar-refractivity contribution in [1.82, 2.24) is 0 Å². The maximum absolute atomic E-state index is 11.4. The number of carbonyl (C=O) groups excluding carboxylic acids is 2. The maximum Gasteiger partial charge on any atom is 0.336 e. The molecule has 0 aromatic rings. The molecule has 3 nitrogen and oxygen atoms in total. The van der Waals surface area contributed by atoms with Crippen LogP contribution in [0.15, 0.2) is 22.7 Å². The first-order valence-electron chi connectivity index (χ1n) is 3.56. The van der Waals surface area contributed by atoms with Crippen molar-refractivity contribution in [2.45, 2.75) is 4.32 Å². The first-order valence-corrected chi connectivity index (χ1v) is 5.15. The van der Waals surface area contributed by atoms with Gasteiger partial charge in [0.2, 0.25) is 0 Å². The average molecular weight is 308 g/mol. The van der Waals surface area contributed by atoms with E-state index in [1.807, 2.05) is 0 Å². The van der Waals surface area contributed by atoms with Crippen molar-refractivity contribution in [3.05, 3.63) is 22.7 Å². The van der Waals surface area contributed by atoms with Crippen molar-refractivity contribution in [2.24, 2.45) is 5.92 Å². The van der Waals surface area contributed by atoms with Gasteiger partial charge in [-0.05, 0) is 0 Å². The normalized spacial score (nSPS) is 37.1. The van der Waals surface area contributed by atoms with Gasteiger partial charge in [0, 0.05) is 4.48 Å². The van der Waals surface area contributed by atoms with Crippen LogP contribution in [0.2, 0.25) is 0 Å². The van der Waals surface area contributed by atoms with Crippen molar-refractivity contribution < 1.29 is 14.3 Å². The van der Waals surface area contributed by atoms with Gasteiger partial charge < -0.3 is 4.74 Å². The van der Waals surface area contributed by atoms with Gasteiger partial charge in [0.15, 0.2) is 4.32 Å². The Morgan fingerprint density at radius 2 is 2.15 bits per heavy atom. The Balaban J connectivity index is 2.55. The Hall–Kier alpha value is -0.420. The summed E-state index contributed by atoms with van der Waals surface area (Å²) in [5, 5.41) is 0. The summed E-state index contributed by atoms with van der Waals surface area (Å²) in [5.41, 5.74) is 0. The summed E-state index contributed by atoms with van der Waals surface area (Å²) < 4.78 is 4.12. The lowest BCUT2D eigenvalue weighted by Crippen LogP contribution is -2.35. The highest BCUT2D eigenvalue weighted by Gasteiger charge is 2.57. The predicted molar refractivity (Wildman–Crippen MR) is 52.4 cm³/mol. The number of allylic oxidation sites excluding steroid dienone is 2. The van der Waals surface area contributed by atoms with E-state index in [4.69, 9.17) is 0 Å². The molecule has 68 valence electrons. The fourth-order valence-electron chi connectivity index (χ4n) is 1.35.